The summed E-state index contributed by atoms with van der Waals surface area (Å²) in [6.07, 6.45) is 6.30. The van der Waals surface area contributed by atoms with Gasteiger partial charge in [-0.2, -0.15) is 0 Å². The van der Waals surface area contributed by atoms with Gasteiger partial charge in [0.1, 0.15) is 17.0 Å². The monoisotopic (exact) mass is 604 g/mol. The number of hydrogen-bond donors (Lipinski definition) is 2. The molecule has 0 bridgehead atoms. The maximum atomic E-state index is 12.8. The number of nitrogens with zero attached hydrogens (tertiary/aromatic N) is 5. The number of aliphatic carboxylic acids is 1. The third-order valence-corrected chi connectivity index (χ3v) is 9.58. The van der Waals surface area contributed by atoms with Gasteiger partial charge in [-0.15, -0.1) is 11.3 Å². The van der Waals surface area contributed by atoms with Gasteiger partial charge in [0.25, 0.3) is 5.91 Å². The molecule has 0 saturated carbocycles. The molecule has 1 fully saturated rings. The van der Waals surface area contributed by atoms with E-state index in [0.717, 1.165) is 51.6 Å². The summed E-state index contributed by atoms with van der Waals surface area (Å²) < 4.78 is 0. The molecule has 10 heteroatoms. The van der Waals surface area contributed by atoms with Crippen molar-refractivity contribution in [1.29, 1.82) is 0 Å². The van der Waals surface area contributed by atoms with Crippen LogP contribution < -0.4 is 5.32 Å². The quantitative estimate of drug-likeness (QED) is 0.206. The van der Waals surface area contributed by atoms with Crippen molar-refractivity contribution in [3.05, 3.63) is 57.3 Å². The van der Waals surface area contributed by atoms with Crippen molar-refractivity contribution >= 4 is 34.9 Å². The normalized spacial score (nSPS) is 15.4. The van der Waals surface area contributed by atoms with Crippen molar-refractivity contribution in [2.45, 2.75) is 86.1 Å². The molecule has 4 rings (SSSR count). The standard InChI is InChI=1S/C33H44N6O3S/c1-8-20(2)15-27(39-13-11-23(12-14-39)31(41)42)38-29-22(4)28(36-19-37-29)24-9-10-25(21(3)16-24)17-34-30(40)26-18-35-32(43-26)33(5,6)7/h9-10,16,18-20,23H,8,11-15,17H2,1-7H3,(H,34,40)(H,41,42)/t20-/m0/s1. The van der Waals surface area contributed by atoms with Crippen LogP contribution in [0.4, 0.5) is 5.82 Å². The summed E-state index contributed by atoms with van der Waals surface area (Å²) in [5.74, 6) is 0.924. The maximum Gasteiger partial charge on any atom is 0.306 e. The minimum atomic E-state index is -0.713. The van der Waals surface area contributed by atoms with Gasteiger partial charge in [-0.3, -0.25) is 9.59 Å². The SMILES string of the molecule is CC[C@H](C)CC(=Nc1ncnc(-c2ccc(CNC(=O)c3cnc(C(C)(C)C)s3)c(C)c2)c1C)N1CCC(C(=O)O)CC1. The largest absolute Gasteiger partial charge is 0.481 e. The van der Waals surface area contributed by atoms with Crippen LogP contribution in [0.15, 0.2) is 35.7 Å². The summed E-state index contributed by atoms with van der Waals surface area (Å²) >= 11 is 1.43. The summed E-state index contributed by atoms with van der Waals surface area (Å²) in [7, 11) is 0. The first-order valence-corrected chi connectivity index (χ1v) is 15.9. The fraction of sp³-hybridized carbons (Fsp3) is 0.515. The zero-order valence-electron chi connectivity index (χ0n) is 26.4. The number of aromatic nitrogens is 3. The third-order valence-electron chi connectivity index (χ3n) is 8.16. The number of piperidine rings is 1. The minimum Gasteiger partial charge on any atom is -0.481 e. The highest BCUT2D eigenvalue weighted by atomic mass is 32.1. The highest BCUT2D eigenvalue weighted by molar-refractivity contribution is 7.13. The number of thiazole rings is 1. The van der Waals surface area contributed by atoms with Crippen LogP contribution in [-0.4, -0.2) is 55.8 Å². The van der Waals surface area contributed by atoms with E-state index in [1.807, 2.05) is 26.0 Å². The molecule has 1 atom stereocenters. The smallest absolute Gasteiger partial charge is 0.306 e. The number of hydrogen-bond acceptors (Lipinski definition) is 7. The Morgan fingerprint density at radius 3 is 2.49 bits per heavy atom. The summed E-state index contributed by atoms with van der Waals surface area (Å²) in [4.78, 5) is 45.7. The lowest BCUT2D eigenvalue weighted by Crippen LogP contribution is -2.40. The van der Waals surface area contributed by atoms with Gasteiger partial charge in [-0.05, 0) is 49.8 Å². The molecule has 230 valence electrons. The molecule has 0 spiro atoms. The molecule has 3 heterocycles. The topological polar surface area (TPSA) is 121 Å². The molecule has 9 nitrogen and oxygen atoms in total. The van der Waals surface area contributed by atoms with E-state index in [4.69, 9.17) is 4.99 Å². The number of nitrogens with one attached hydrogen (secondary N) is 1. The number of benzene rings is 1. The second-order valence-corrected chi connectivity index (χ2v) is 13.7. The van der Waals surface area contributed by atoms with Crippen LogP contribution in [0.5, 0.6) is 0 Å². The van der Waals surface area contributed by atoms with Crippen molar-refractivity contribution in [2.24, 2.45) is 16.8 Å². The lowest BCUT2D eigenvalue weighted by molar-refractivity contribution is -0.143. The Hall–Kier alpha value is -3.66. The van der Waals surface area contributed by atoms with E-state index in [1.165, 1.54) is 11.3 Å². The average Bonchev–Trinajstić information content (AvgIpc) is 3.48. The molecule has 1 aromatic carbocycles. The average molecular weight is 605 g/mol. The first kappa shape index (κ1) is 32.3. The lowest BCUT2D eigenvalue weighted by atomic mass is 9.95. The summed E-state index contributed by atoms with van der Waals surface area (Å²) in [5, 5.41) is 13.4. The van der Waals surface area contributed by atoms with E-state index in [9.17, 15) is 14.7 Å². The molecule has 1 saturated heterocycles. The number of aryl methyl sites for hydroxylation is 1. The Balaban J connectivity index is 1.52. The number of carbonyl (C=O) groups excluding carboxylic acids is 1. The van der Waals surface area contributed by atoms with Gasteiger partial charge >= 0.3 is 5.97 Å². The van der Waals surface area contributed by atoms with Crippen molar-refractivity contribution < 1.29 is 14.7 Å². The molecule has 0 unspecified atom stereocenters. The third kappa shape index (κ3) is 8.04. The molecular weight excluding hydrogens is 560 g/mol. The number of carboxylic acids is 1. The van der Waals surface area contributed by atoms with Gasteiger partial charge < -0.3 is 15.3 Å². The second kappa shape index (κ2) is 13.8. The lowest BCUT2D eigenvalue weighted by Gasteiger charge is -2.33. The van der Waals surface area contributed by atoms with Crippen molar-refractivity contribution in [3.63, 3.8) is 0 Å². The molecule has 0 radical (unpaired) electrons. The molecule has 43 heavy (non-hydrogen) atoms. The Morgan fingerprint density at radius 1 is 1.16 bits per heavy atom. The van der Waals surface area contributed by atoms with Crippen LogP contribution in [0.3, 0.4) is 0 Å². The predicted molar refractivity (Wildman–Crippen MR) is 172 cm³/mol. The molecule has 1 aliphatic rings. The zero-order chi connectivity index (χ0) is 31.3. The van der Waals surface area contributed by atoms with E-state index in [1.54, 1.807) is 12.5 Å². The summed E-state index contributed by atoms with van der Waals surface area (Å²) in [5.41, 5.74) is 4.67. The molecule has 2 aromatic heterocycles. The van der Waals surface area contributed by atoms with Gasteiger partial charge in [-0.1, -0.05) is 53.2 Å². The molecule has 0 aliphatic carbocycles. The molecule has 2 N–H and O–H groups in total. The van der Waals surface area contributed by atoms with E-state index >= 15 is 0 Å². The fourth-order valence-corrected chi connectivity index (χ4v) is 5.97. The van der Waals surface area contributed by atoms with E-state index in [2.05, 4.69) is 65.9 Å². The van der Waals surface area contributed by atoms with Crippen LogP contribution in [0.25, 0.3) is 11.3 Å². The van der Waals surface area contributed by atoms with Gasteiger partial charge in [0, 0.05) is 42.6 Å². The molecule has 3 aromatic rings. The Morgan fingerprint density at radius 2 is 1.88 bits per heavy atom. The Labute approximate surface area is 258 Å². The highest BCUT2D eigenvalue weighted by Crippen LogP contribution is 2.30. The van der Waals surface area contributed by atoms with Crippen LogP contribution in [0.1, 0.15) is 91.7 Å². The summed E-state index contributed by atoms with van der Waals surface area (Å²) in [6.45, 7) is 16.5. The van der Waals surface area contributed by atoms with Crippen molar-refractivity contribution in [3.8, 4) is 11.3 Å². The van der Waals surface area contributed by atoms with Crippen molar-refractivity contribution in [2.75, 3.05) is 13.1 Å². The first-order valence-electron chi connectivity index (χ1n) is 15.1. The van der Waals surface area contributed by atoms with Crippen LogP contribution in [-0.2, 0) is 16.8 Å². The number of likely N-dealkylation sites (tertiary alicyclic amines) is 1. The van der Waals surface area contributed by atoms with Gasteiger partial charge in [0.15, 0.2) is 5.82 Å². The second-order valence-electron chi connectivity index (χ2n) is 12.6. The minimum absolute atomic E-state index is 0.0887. The number of amidine groups is 1. The van der Waals surface area contributed by atoms with Crippen LogP contribution in [0, 0.1) is 25.7 Å². The number of carboxylic acid groups (broad SMARTS) is 1. The number of amides is 1. The van der Waals surface area contributed by atoms with E-state index < -0.39 is 5.97 Å². The van der Waals surface area contributed by atoms with Gasteiger partial charge in [-0.25, -0.2) is 19.9 Å². The fourth-order valence-electron chi connectivity index (χ4n) is 5.08. The summed E-state index contributed by atoms with van der Waals surface area (Å²) in [6, 6.07) is 6.15. The Bertz CT molecular complexity index is 1480. The van der Waals surface area contributed by atoms with Crippen molar-refractivity contribution in [1.82, 2.24) is 25.2 Å². The van der Waals surface area contributed by atoms with Gasteiger partial charge in [0.05, 0.1) is 22.8 Å². The Kier molecular flexibility index (Phi) is 10.3. The first-order chi connectivity index (χ1) is 20.4. The van der Waals surface area contributed by atoms with E-state index in [0.29, 0.717) is 49.1 Å². The van der Waals surface area contributed by atoms with Gasteiger partial charge in [0.2, 0.25) is 0 Å². The number of carbonyl (C=O) groups is 2. The number of aliphatic imine (C=N–C) groups is 1. The zero-order valence-corrected chi connectivity index (χ0v) is 27.2. The molecule has 1 amide bonds. The van der Waals surface area contributed by atoms with Crippen LogP contribution in [0.2, 0.25) is 0 Å². The van der Waals surface area contributed by atoms with E-state index in [-0.39, 0.29) is 17.2 Å². The molecule has 1 aliphatic heterocycles. The molecular formula is C33H44N6O3S. The number of rotatable bonds is 9. The highest BCUT2D eigenvalue weighted by Gasteiger charge is 2.27. The predicted octanol–water partition coefficient (Wildman–Crippen LogP) is 6.71. The maximum absolute atomic E-state index is 12.8. The van der Waals surface area contributed by atoms with Crippen LogP contribution >= 0.6 is 11.3 Å².